The van der Waals surface area contributed by atoms with Gasteiger partial charge in [0, 0.05) is 5.57 Å². The van der Waals surface area contributed by atoms with Gasteiger partial charge in [-0.2, -0.15) is 0 Å². The van der Waals surface area contributed by atoms with Crippen LogP contribution in [0.2, 0.25) is 0 Å². The number of ether oxygens (including phenoxy) is 2. The van der Waals surface area contributed by atoms with E-state index in [0.717, 1.165) is 5.56 Å². The normalized spacial score (nSPS) is 17.5. The molecule has 3 aromatic carbocycles. The standard InChI is InChI=1S/C29H24N6O2/c1-19-4-6-22(7-5-19)29(27(34)35)25(26(32)33)3-2-16-28(29,20-8-12-23(13-9-20)36-17-30)21-10-14-24(15-11-21)37-18-31/h2-16H,1H3,(H3,32,33)(H3,34,35). The Balaban J connectivity index is 2.16. The lowest BCUT2D eigenvalue weighted by Gasteiger charge is -2.52. The summed E-state index contributed by atoms with van der Waals surface area (Å²) in [5.74, 6) is 0.269. The molecular weight excluding hydrogens is 464 g/mol. The monoisotopic (exact) mass is 488 g/mol. The molecule has 0 bridgehead atoms. The van der Waals surface area contributed by atoms with Crippen LogP contribution in [0.3, 0.4) is 0 Å². The lowest BCUT2D eigenvalue weighted by molar-refractivity contribution is 0.464. The Morgan fingerprint density at radius 2 is 1.22 bits per heavy atom. The maximum absolute atomic E-state index is 9.04. The van der Waals surface area contributed by atoms with E-state index in [4.69, 9.17) is 42.3 Å². The second kappa shape index (κ2) is 9.73. The fourth-order valence-corrected chi connectivity index (χ4v) is 5.21. The SMILES string of the molecule is Cc1ccc(C2(C(=N)N)C(C(=N)N)=CC=CC2(c2ccc(OC#N)cc2)c2ccc(OC#N)cc2)cc1. The van der Waals surface area contributed by atoms with E-state index in [9.17, 15) is 0 Å². The van der Waals surface area contributed by atoms with Crippen molar-refractivity contribution in [3.8, 4) is 24.0 Å². The number of amidine groups is 2. The zero-order valence-corrected chi connectivity index (χ0v) is 20.0. The van der Waals surface area contributed by atoms with Gasteiger partial charge in [0.15, 0.2) is 0 Å². The van der Waals surface area contributed by atoms with E-state index >= 15 is 0 Å². The van der Waals surface area contributed by atoms with Crippen LogP contribution in [0.5, 0.6) is 11.5 Å². The zero-order valence-electron chi connectivity index (χ0n) is 20.0. The average Bonchev–Trinajstić information content (AvgIpc) is 2.89. The highest BCUT2D eigenvalue weighted by molar-refractivity contribution is 6.10. The Morgan fingerprint density at radius 3 is 1.62 bits per heavy atom. The highest BCUT2D eigenvalue weighted by Gasteiger charge is 2.59. The molecule has 0 heterocycles. The zero-order chi connectivity index (χ0) is 26.6. The summed E-state index contributed by atoms with van der Waals surface area (Å²) in [6.45, 7) is 1.96. The summed E-state index contributed by atoms with van der Waals surface area (Å²) in [7, 11) is 0. The molecule has 8 nitrogen and oxygen atoms in total. The molecule has 8 heteroatoms. The van der Waals surface area contributed by atoms with Crippen LogP contribution in [-0.2, 0) is 10.8 Å². The minimum atomic E-state index is -1.42. The first kappa shape index (κ1) is 24.8. The molecule has 0 saturated carbocycles. The van der Waals surface area contributed by atoms with Gasteiger partial charge in [0.25, 0.3) is 12.5 Å². The minimum Gasteiger partial charge on any atom is -0.388 e. The van der Waals surface area contributed by atoms with E-state index in [1.807, 2.05) is 37.3 Å². The number of nitrogens with one attached hydrogen (secondary N) is 2. The molecule has 6 N–H and O–H groups in total. The van der Waals surface area contributed by atoms with Crippen molar-refractivity contribution in [3.05, 3.63) is 119 Å². The second-order valence-corrected chi connectivity index (χ2v) is 8.63. The summed E-state index contributed by atoms with van der Waals surface area (Å²) >= 11 is 0. The van der Waals surface area contributed by atoms with E-state index in [2.05, 4.69) is 0 Å². The largest absolute Gasteiger partial charge is 0.388 e. The number of nitriles is 2. The molecule has 1 aliphatic rings. The Bertz CT molecular complexity index is 1430. The van der Waals surface area contributed by atoms with Crippen molar-refractivity contribution in [1.82, 2.24) is 0 Å². The summed E-state index contributed by atoms with van der Waals surface area (Å²) in [5.41, 5.74) is 13.6. The molecule has 4 rings (SSSR count). The van der Waals surface area contributed by atoms with Gasteiger partial charge in [-0.15, -0.1) is 10.5 Å². The first-order valence-corrected chi connectivity index (χ1v) is 11.3. The van der Waals surface area contributed by atoms with Crippen LogP contribution in [-0.4, -0.2) is 11.7 Å². The van der Waals surface area contributed by atoms with Gasteiger partial charge in [0.2, 0.25) is 0 Å². The van der Waals surface area contributed by atoms with Crippen molar-refractivity contribution in [2.45, 2.75) is 17.8 Å². The lowest BCUT2D eigenvalue weighted by atomic mass is 9.49. The topological polar surface area (TPSA) is 166 Å². The van der Waals surface area contributed by atoms with Crippen LogP contribution in [0.1, 0.15) is 22.3 Å². The Morgan fingerprint density at radius 1 is 0.757 bits per heavy atom. The molecule has 182 valence electrons. The molecule has 0 spiro atoms. The molecule has 0 fully saturated rings. The Kier molecular flexibility index (Phi) is 6.51. The van der Waals surface area contributed by atoms with E-state index in [-0.39, 0.29) is 11.7 Å². The lowest BCUT2D eigenvalue weighted by Crippen LogP contribution is -2.60. The predicted octanol–water partition coefficient (Wildman–Crippen LogP) is 4.31. The number of hydrogen-bond acceptors (Lipinski definition) is 6. The third-order valence-electron chi connectivity index (χ3n) is 6.73. The number of allylic oxidation sites excluding steroid dienone is 3. The molecule has 0 aromatic heterocycles. The molecule has 1 unspecified atom stereocenters. The number of rotatable bonds is 7. The average molecular weight is 489 g/mol. The molecule has 0 saturated heterocycles. The van der Waals surface area contributed by atoms with Crippen molar-refractivity contribution in [2.24, 2.45) is 11.5 Å². The van der Waals surface area contributed by atoms with Crippen LogP contribution in [0.15, 0.2) is 96.6 Å². The molecule has 0 aliphatic heterocycles. The van der Waals surface area contributed by atoms with Crippen molar-refractivity contribution in [1.29, 1.82) is 21.3 Å². The number of nitrogens with zero attached hydrogens (tertiary/aromatic N) is 2. The molecule has 0 radical (unpaired) electrons. The van der Waals surface area contributed by atoms with Gasteiger partial charge in [-0.25, -0.2) is 0 Å². The highest BCUT2D eigenvalue weighted by atomic mass is 16.5. The third kappa shape index (κ3) is 3.87. The summed E-state index contributed by atoms with van der Waals surface area (Å²) in [6, 6.07) is 21.5. The number of aryl methyl sites for hydroxylation is 1. The van der Waals surface area contributed by atoms with E-state index in [1.165, 1.54) is 0 Å². The van der Waals surface area contributed by atoms with Crippen LogP contribution in [0.25, 0.3) is 0 Å². The molecule has 3 aromatic rings. The molecule has 37 heavy (non-hydrogen) atoms. The van der Waals surface area contributed by atoms with Crippen LogP contribution in [0.4, 0.5) is 0 Å². The van der Waals surface area contributed by atoms with Crippen LogP contribution >= 0.6 is 0 Å². The van der Waals surface area contributed by atoms with Gasteiger partial charge in [-0.1, -0.05) is 72.3 Å². The maximum atomic E-state index is 9.04. The summed E-state index contributed by atoms with van der Waals surface area (Å²) < 4.78 is 9.99. The van der Waals surface area contributed by atoms with Gasteiger partial charge >= 0.3 is 0 Å². The van der Waals surface area contributed by atoms with Gasteiger partial charge in [0.05, 0.1) is 10.8 Å². The maximum Gasteiger partial charge on any atom is 0.292 e. The van der Waals surface area contributed by atoms with Gasteiger partial charge in [0.1, 0.15) is 23.2 Å². The highest BCUT2D eigenvalue weighted by Crippen LogP contribution is 2.56. The van der Waals surface area contributed by atoms with Gasteiger partial charge in [-0.05, 0) is 47.9 Å². The number of benzene rings is 3. The summed E-state index contributed by atoms with van der Waals surface area (Å²) in [4.78, 5) is 0. The third-order valence-corrected chi connectivity index (χ3v) is 6.73. The van der Waals surface area contributed by atoms with Crippen LogP contribution < -0.4 is 20.9 Å². The smallest absolute Gasteiger partial charge is 0.292 e. The van der Waals surface area contributed by atoms with Crippen molar-refractivity contribution >= 4 is 11.7 Å². The van der Waals surface area contributed by atoms with E-state index in [0.29, 0.717) is 33.8 Å². The fraction of sp³-hybridized carbons (Fsp3) is 0.103. The number of nitrogens with two attached hydrogens (primary N) is 2. The first-order valence-electron chi connectivity index (χ1n) is 11.3. The Labute approximate surface area is 214 Å². The van der Waals surface area contributed by atoms with Crippen molar-refractivity contribution < 1.29 is 9.47 Å². The van der Waals surface area contributed by atoms with E-state index in [1.54, 1.807) is 73.2 Å². The molecule has 1 aliphatic carbocycles. The van der Waals surface area contributed by atoms with E-state index < -0.39 is 10.8 Å². The van der Waals surface area contributed by atoms with Crippen molar-refractivity contribution in [2.75, 3.05) is 0 Å². The summed E-state index contributed by atoms with van der Waals surface area (Å²) in [6.07, 6.45) is 8.77. The van der Waals surface area contributed by atoms with Crippen LogP contribution in [0, 0.1) is 40.8 Å². The molecule has 0 amide bonds. The summed E-state index contributed by atoms with van der Waals surface area (Å²) in [5, 5.41) is 35.5. The Hall–Kier alpha value is -5.34. The van der Waals surface area contributed by atoms with Crippen molar-refractivity contribution in [3.63, 3.8) is 0 Å². The second-order valence-electron chi connectivity index (χ2n) is 8.63. The fourth-order valence-electron chi connectivity index (χ4n) is 5.21. The molecule has 1 atom stereocenters. The number of hydrogen-bond donors (Lipinski definition) is 4. The minimum absolute atomic E-state index is 0.211. The quantitative estimate of drug-likeness (QED) is 0.220. The van der Waals surface area contributed by atoms with Gasteiger partial charge in [-0.3, -0.25) is 10.8 Å². The predicted molar refractivity (Wildman–Crippen MR) is 140 cm³/mol. The van der Waals surface area contributed by atoms with Gasteiger partial charge < -0.3 is 20.9 Å². The molecular formula is C29H24N6O2. The first-order chi connectivity index (χ1) is 17.8.